The average Bonchev–Trinajstić information content (AvgIpc) is 3.70. The van der Waals surface area contributed by atoms with E-state index in [1.807, 2.05) is 67.0 Å². The Labute approximate surface area is 329 Å². The van der Waals surface area contributed by atoms with Crippen molar-refractivity contribution in [2.45, 2.75) is 6.04 Å². The molecule has 0 saturated heterocycles. The van der Waals surface area contributed by atoms with Crippen LogP contribution < -0.4 is 0 Å². The molecule has 57 heavy (non-hydrogen) atoms. The number of hydrogen-bond acceptors (Lipinski definition) is 4. The predicted molar refractivity (Wildman–Crippen MR) is 236 cm³/mol. The molecule has 0 N–H and O–H groups in total. The summed E-state index contributed by atoms with van der Waals surface area (Å²) in [7, 11) is 0. The van der Waals surface area contributed by atoms with Crippen molar-refractivity contribution < 1.29 is 0 Å². The molecule has 0 bridgehead atoms. The molecule has 6 heteroatoms. The SMILES string of the molecule is C1=NC(c2cccc(-n3c4cc(-c5cccc6c7ccccc7n(-c7ccccc7)c56)ccc4c4cccnc43)c2)=NC(c2ccccc2)=NC1c1ccccc1. The molecule has 10 aromatic rings. The Bertz CT molecular complexity index is 3230. The minimum Gasteiger partial charge on any atom is -0.309 e. The largest absolute Gasteiger partial charge is 0.309 e. The van der Waals surface area contributed by atoms with Crippen LogP contribution in [-0.4, -0.2) is 32.0 Å². The highest BCUT2D eigenvalue weighted by Crippen LogP contribution is 2.40. The van der Waals surface area contributed by atoms with E-state index < -0.39 is 0 Å². The van der Waals surface area contributed by atoms with E-state index in [4.69, 9.17) is 20.0 Å². The standard InChI is InChI=1S/C51H34N6/c1-4-15-34(16-5-1)45-33-53-49(55-50(54-45)35-17-6-2-7-18-35)37-19-12-22-39(31-37)57-47-32-36(28-29-42(47)44-26-14-30-52-51(44)57)40-24-13-25-43-41-23-10-11-27-46(41)56(48(40)43)38-20-8-3-9-21-38/h1-33,45H. The van der Waals surface area contributed by atoms with Crippen molar-refractivity contribution in [3.8, 4) is 22.5 Å². The lowest BCUT2D eigenvalue weighted by Gasteiger charge is -2.13. The Morgan fingerprint density at radius 2 is 1.12 bits per heavy atom. The summed E-state index contributed by atoms with van der Waals surface area (Å²) in [6, 6.07) is 65.5. The number of hydrogen-bond donors (Lipinski definition) is 0. The van der Waals surface area contributed by atoms with E-state index in [2.05, 4.69) is 143 Å². The lowest BCUT2D eigenvalue weighted by Crippen LogP contribution is -2.05. The Kier molecular flexibility index (Phi) is 7.78. The average molecular weight is 731 g/mol. The summed E-state index contributed by atoms with van der Waals surface area (Å²) >= 11 is 0. The van der Waals surface area contributed by atoms with Crippen LogP contribution in [0.15, 0.2) is 209 Å². The zero-order chi connectivity index (χ0) is 37.7. The van der Waals surface area contributed by atoms with Gasteiger partial charge >= 0.3 is 0 Å². The first-order valence-electron chi connectivity index (χ1n) is 19.2. The van der Waals surface area contributed by atoms with Crippen LogP contribution in [0, 0.1) is 0 Å². The van der Waals surface area contributed by atoms with E-state index in [1.54, 1.807) is 0 Å². The number of para-hydroxylation sites is 3. The van der Waals surface area contributed by atoms with Gasteiger partial charge in [-0.05, 0) is 59.7 Å². The fraction of sp³-hybridized carbons (Fsp3) is 0.0196. The van der Waals surface area contributed by atoms with Crippen molar-refractivity contribution in [3.63, 3.8) is 0 Å². The molecule has 1 aliphatic heterocycles. The molecule has 0 fully saturated rings. The summed E-state index contributed by atoms with van der Waals surface area (Å²) < 4.78 is 4.67. The number of aliphatic imine (C=N–C) groups is 3. The van der Waals surface area contributed by atoms with Gasteiger partial charge in [-0.3, -0.25) is 9.56 Å². The van der Waals surface area contributed by atoms with Crippen molar-refractivity contribution >= 4 is 61.6 Å². The summed E-state index contributed by atoms with van der Waals surface area (Å²) in [6.07, 6.45) is 3.77. The van der Waals surface area contributed by atoms with Gasteiger partial charge in [0.25, 0.3) is 0 Å². The van der Waals surface area contributed by atoms with Gasteiger partial charge in [0, 0.05) is 62.0 Å². The molecule has 11 rings (SSSR count). The van der Waals surface area contributed by atoms with Gasteiger partial charge in [-0.25, -0.2) is 15.0 Å². The van der Waals surface area contributed by atoms with Gasteiger partial charge in [0.15, 0.2) is 11.7 Å². The number of fused-ring (bicyclic) bond motifs is 6. The summed E-state index contributed by atoms with van der Waals surface area (Å²) in [5, 5.41) is 4.68. The van der Waals surface area contributed by atoms with Crippen LogP contribution >= 0.6 is 0 Å². The third-order valence-electron chi connectivity index (χ3n) is 10.9. The van der Waals surface area contributed by atoms with Gasteiger partial charge in [0.2, 0.25) is 0 Å². The van der Waals surface area contributed by atoms with Crippen molar-refractivity contribution in [2.75, 3.05) is 0 Å². The second-order valence-electron chi connectivity index (χ2n) is 14.3. The molecule has 0 radical (unpaired) electrons. The van der Waals surface area contributed by atoms with Crippen LogP contribution in [0.25, 0.3) is 66.2 Å². The van der Waals surface area contributed by atoms with E-state index in [9.17, 15) is 0 Å². The van der Waals surface area contributed by atoms with Gasteiger partial charge in [-0.1, -0.05) is 140 Å². The van der Waals surface area contributed by atoms with E-state index in [0.717, 1.165) is 61.1 Å². The van der Waals surface area contributed by atoms with Crippen LogP contribution in [0.2, 0.25) is 0 Å². The second-order valence-corrected chi connectivity index (χ2v) is 14.3. The van der Waals surface area contributed by atoms with Gasteiger partial charge in [0.1, 0.15) is 11.7 Å². The molecule has 7 aromatic carbocycles. The van der Waals surface area contributed by atoms with E-state index in [-0.39, 0.29) is 6.04 Å². The minimum absolute atomic E-state index is 0.268. The molecule has 4 heterocycles. The van der Waals surface area contributed by atoms with E-state index in [0.29, 0.717) is 11.7 Å². The van der Waals surface area contributed by atoms with Gasteiger partial charge in [0.05, 0.1) is 16.6 Å². The Morgan fingerprint density at radius 3 is 1.98 bits per heavy atom. The summed E-state index contributed by atoms with van der Waals surface area (Å²) in [6.45, 7) is 0. The molecule has 1 aliphatic rings. The third-order valence-corrected chi connectivity index (χ3v) is 10.9. The first-order valence-corrected chi connectivity index (χ1v) is 19.2. The highest BCUT2D eigenvalue weighted by molar-refractivity contribution is 6.17. The predicted octanol–water partition coefficient (Wildman–Crippen LogP) is 12.0. The van der Waals surface area contributed by atoms with Gasteiger partial charge in [-0.2, -0.15) is 0 Å². The fourth-order valence-corrected chi connectivity index (χ4v) is 8.29. The minimum atomic E-state index is -0.268. The number of amidine groups is 2. The molecular weight excluding hydrogens is 697 g/mol. The molecule has 3 aromatic heterocycles. The molecule has 1 unspecified atom stereocenters. The first-order chi connectivity index (χ1) is 28.3. The molecule has 6 nitrogen and oxygen atoms in total. The summed E-state index contributed by atoms with van der Waals surface area (Å²) in [5.74, 6) is 1.25. The maximum Gasteiger partial charge on any atom is 0.161 e. The fourth-order valence-electron chi connectivity index (χ4n) is 8.29. The van der Waals surface area contributed by atoms with Crippen LogP contribution in [0.4, 0.5) is 0 Å². The van der Waals surface area contributed by atoms with Gasteiger partial charge < -0.3 is 4.57 Å². The monoisotopic (exact) mass is 730 g/mol. The summed E-state index contributed by atoms with van der Waals surface area (Å²) in [4.78, 5) is 20.2. The van der Waals surface area contributed by atoms with Crippen LogP contribution in [-0.2, 0) is 0 Å². The molecule has 0 amide bonds. The van der Waals surface area contributed by atoms with Crippen LogP contribution in [0.5, 0.6) is 0 Å². The quantitative estimate of drug-likeness (QED) is 0.168. The Balaban J connectivity index is 1.09. The van der Waals surface area contributed by atoms with Crippen molar-refractivity contribution in [2.24, 2.45) is 15.0 Å². The van der Waals surface area contributed by atoms with Crippen LogP contribution in [0.3, 0.4) is 0 Å². The van der Waals surface area contributed by atoms with E-state index in [1.165, 1.54) is 21.8 Å². The summed E-state index contributed by atoms with van der Waals surface area (Å²) in [5.41, 5.74) is 11.6. The number of aromatic nitrogens is 3. The molecule has 1 atom stereocenters. The zero-order valence-electron chi connectivity index (χ0n) is 30.8. The number of nitrogens with zero attached hydrogens (tertiary/aromatic N) is 6. The number of pyridine rings is 1. The van der Waals surface area contributed by atoms with Crippen LogP contribution in [0.1, 0.15) is 22.7 Å². The first kappa shape index (κ1) is 32.7. The lowest BCUT2D eigenvalue weighted by molar-refractivity contribution is 0.983. The third kappa shape index (κ3) is 5.57. The number of benzene rings is 7. The molecule has 0 saturated carbocycles. The highest BCUT2D eigenvalue weighted by atomic mass is 15.1. The Morgan fingerprint density at radius 1 is 0.439 bits per heavy atom. The molecule has 268 valence electrons. The zero-order valence-corrected chi connectivity index (χ0v) is 30.8. The van der Waals surface area contributed by atoms with Crippen molar-refractivity contribution in [1.82, 2.24) is 14.1 Å². The highest BCUT2D eigenvalue weighted by Gasteiger charge is 2.21. The normalized spacial score (nSPS) is 14.3. The van der Waals surface area contributed by atoms with Gasteiger partial charge in [-0.15, -0.1) is 0 Å². The topological polar surface area (TPSA) is 59.8 Å². The maximum atomic E-state index is 5.11. The maximum absolute atomic E-state index is 5.11. The Hall–Kier alpha value is -7.70. The second kappa shape index (κ2) is 13.6. The molecular formula is C51H34N6. The van der Waals surface area contributed by atoms with Crippen molar-refractivity contribution in [1.29, 1.82) is 0 Å². The van der Waals surface area contributed by atoms with Crippen molar-refractivity contribution in [3.05, 3.63) is 211 Å². The molecule has 0 spiro atoms. The van der Waals surface area contributed by atoms with E-state index >= 15 is 0 Å². The molecule has 0 aliphatic carbocycles. The smallest absolute Gasteiger partial charge is 0.161 e. The number of rotatable bonds is 6. The lowest BCUT2D eigenvalue weighted by atomic mass is 10.0.